The average molecular weight is 230 g/mol. The van der Waals surface area contributed by atoms with Crippen LogP contribution in [-0.2, 0) is 9.53 Å². The summed E-state index contributed by atoms with van der Waals surface area (Å²) in [5.74, 6) is 0.212. The fourth-order valence-corrected chi connectivity index (χ4v) is 1.92. The standard InChI is InChI=1S/C11H22N2O3/c1-2-12-10-4-6-13(11(10)15)5-3-8-16-9-7-14/h10,12,14H,2-9H2,1H3. The second-order valence-corrected chi connectivity index (χ2v) is 3.91. The summed E-state index contributed by atoms with van der Waals surface area (Å²) in [7, 11) is 0. The van der Waals surface area contributed by atoms with Gasteiger partial charge in [0.05, 0.1) is 19.3 Å². The molecule has 16 heavy (non-hydrogen) atoms. The van der Waals surface area contributed by atoms with Crippen molar-refractivity contribution in [1.29, 1.82) is 0 Å². The van der Waals surface area contributed by atoms with Gasteiger partial charge < -0.3 is 20.1 Å². The van der Waals surface area contributed by atoms with Gasteiger partial charge in [-0.05, 0) is 19.4 Å². The predicted octanol–water partition coefficient (Wildman–Crippen LogP) is -0.404. The Labute approximate surface area is 96.8 Å². The van der Waals surface area contributed by atoms with E-state index in [1.807, 2.05) is 11.8 Å². The zero-order valence-electron chi connectivity index (χ0n) is 9.95. The largest absolute Gasteiger partial charge is 0.394 e. The molecule has 94 valence electrons. The van der Waals surface area contributed by atoms with Gasteiger partial charge in [-0.15, -0.1) is 0 Å². The van der Waals surface area contributed by atoms with E-state index in [1.54, 1.807) is 0 Å². The van der Waals surface area contributed by atoms with E-state index in [0.29, 0.717) is 13.2 Å². The molecule has 1 saturated heterocycles. The summed E-state index contributed by atoms with van der Waals surface area (Å²) in [4.78, 5) is 13.7. The fraction of sp³-hybridized carbons (Fsp3) is 0.909. The lowest BCUT2D eigenvalue weighted by Crippen LogP contribution is -2.38. The molecular formula is C11H22N2O3. The molecule has 5 nitrogen and oxygen atoms in total. The Hall–Kier alpha value is -0.650. The van der Waals surface area contributed by atoms with Crippen LogP contribution in [0.5, 0.6) is 0 Å². The van der Waals surface area contributed by atoms with Crippen LogP contribution >= 0.6 is 0 Å². The Morgan fingerprint density at radius 1 is 1.56 bits per heavy atom. The number of carbonyl (C=O) groups is 1. The van der Waals surface area contributed by atoms with Crippen molar-refractivity contribution in [2.75, 3.05) is 39.5 Å². The zero-order valence-corrected chi connectivity index (χ0v) is 9.95. The minimum absolute atomic E-state index is 0.0170. The van der Waals surface area contributed by atoms with Gasteiger partial charge in [-0.3, -0.25) is 4.79 Å². The molecule has 2 N–H and O–H groups in total. The van der Waals surface area contributed by atoms with Crippen molar-refractivity contribution in [2.24, 2.45) is 0 Å². The van der Waals surface area contributed by atoms with Crippen molar-refractivity contribution in [2.45, 2.75) is 25.8 Å². The van der Waals surface area contributed by atoms with Crippen molar-refractivity contribution in [3.8, 4) is 0 Å². The summed E-state index contributed by atoms with van der Waals surface area (Å²) in [5.41, 5.74) is 0. The molecule has 1 heterocycles. The Morgan fingerprint density at radius 3 is 3.06 bits per heavy atom. The molecule has 0 radical (unpaired) electrons. The molecule has 1 aliphatic heterocycles. The number of hydrogen-bond donors (Lipinski definition) is 2. The van der Waals surface area contributed by atoms with Gasteiger partial charge >= 0.3 is 0 Å². The highest BCUT2D eigenvalue weighted by Gasteiger charge is 2.29. The van der Waals surface area contributed by atoms with E-state index >= 15 is 0 Å². The van der Waals surface area contributed by atoms with Crippen molar-refractivity contribution in [3.63, 3.8) is 0 Å². The molecular weight excluding hydrogens is 208 g/mol. The summed E-state index contributed by atoms with van der Waals surface area (Å²) < 4.78 is 5.15. The molecule has 0 spiro atoms. The molecule has 1 atom stereocenters. The lowest BCUT2D eigenvalue weighted by molar-refractivity contribution is -0.129. The smallest absolute Gasteiger partial charge is 0.239 e. The molecule has 0 aromatic heterocycles. The van der Waals surface area contributed by atoms with E-state index in [0.717, 1.165) is 32.5 Å². The molecule has 1 unspecified atom stereocenters. The van der Waals surface area contributed by atoms with Crippen LogP contribution in [0.15, 0.2) is 0 Å². The maximum atomic E-state index is 11.8. The Morgan fingerprint density at radius 2 is 2.38 bits per heavy atom. The van der Waals surface area contributed by atoms with Gasteiger partial charge in [-0.2, -0.15) is 0 Å². The number of hydrogen-bond acceptors (Lipinski definition) is 4. The number of nitrogens with zero attached hydrogens (tertiary/aromatic N) is 1. The monoisotopic (exact) mass is 230 g/mol. The molecule has 1 amide bonds. The fourth-order valence-electron chi connectivity index (χ4n) is 1.92. The molecule has 0 aromatic rings. The molecule has 5 heteroatoms. The number of likely N-dealkylation sites (tertiary alicyclic amines) is 1. The van der Waals surface area contributed by atoms with E-state index < -0.39 is 0 Å². The van der Waals surface area contributed by atoms with E-state index in [4.69, 9.17) is 9.84 Å². The zero-order chi connectivity index (χ0) is 11.8. The number of aliphatic hydroxyl groups is 1. The number of likely N-dealkylation sites (N-methyl/N-ethyl adjacent to an activating group) is 1. The second kappa shape index (κ2) is 7.60. The van der Waals surface area contributed by atoms with Crippen LogP contribution < -0.4 is 5.32 Å². The van der Waals surface area contributed by atoms with Gasteiger partial charge in [0.1, 0.15) is 0 Å². The van der Waals surface area contributed by atoms with Gasteiger partial charge in [0.25, 0.3) is 0 Å². The maximum absolute atomic E-state index is 11.8. The second-order valence-electron chi connectivity index (χ2n) is 3.91. The number of aliphatic hydroxyl groups excluding tert-OH is 1. The van der Waals surface area contributed by atoms with Crippen molar-refractivity contribution >= 4 is 5.91 Å². The van der Waals surface area contributed by atoms with Crippen molar-refractivity contribution in [1.82, 2.24) is 10.2 Å². The van der Waals surface area contributed by atoms with E-state index in [9.17, 15) is 4.79 Å². The first kappa shape index (κ1) is 13.4. The lowest BCUT2D eigenvalue weighted by atomic mass is 10.2. The third-order valence-corrected chi connectivity index (χ3v) is 2.70. The summed E-state index contributed by atoms with van der Waals surface area (Å²) in [6, 6.07) is 0.0170. The minimum atomic E-state index is 0.0170. The molecule has 0 saturated carbocycles. The van der Waals surface area contributed by atoms with Gasteiger partial charge in [-0.1, -0.05) is 6.92 Å². The number of rotatable bonds is 8. The van der Waals surface area contributed by atoms with Crippen LogP contribution in [0.2, 0.25) is 0 Å². The Kier molecular flexibility index (Phi) is 6.37. The van der Waals surface area contributed by atoms with Crippen LogP contribution in [0, 0.1) is 0 Å². The maximum Gasteiger partial charge on any atom is 0.239 e. The van der Waals surface area contributed by atoms with Crippen molar-refractivity contribution < 1.29 is 14.6 Å². The highest BCUT2D eigenvalue weighted by molar-refractivity contribution is 5.83. The first-order valence-corrected chi connectivity index (χ1v) is 6.00. The molecule has 1 fully saturated rings. The SMILES string of the molecule is CCNC1CCN(CCCOCCO)C1=O. The Balaban J connectivity index is 2.12. The van der Waals surface area contributed by atoms with E-state index in [2.05, 4.69) is 5.32 Å². The number of nitrogens with one attached hydrogen (secondary N) is 1. The van der Waals surface area contributed by atoms with Crippen molar-refractivity contribution in [3.05, 3.63) is 0 Å². The van der Waals surface area contributed by atoms with Gasteiger partial charge in [-0.25, -0.2) is 0 Å². The van der Waals surface area contributed by atoms with Gasteiger partial charge in [0.2, 0.25) is 5.91 Å². The first-order valence-electron chi connectivity index (χ1n) is 6.00. The summed E-state index contributed by atoms with van der Waals surface area (Å²) in [6.45, 7) is 5.50. The van der Waals surface area contributed by atoms with Crippen LogP contribution in [0.1, 0.15) is 19.8 Å². The Bertz CT molecular complexity index is 211. The van der Waals surface area contributed by atoms with Crippen LogP contribution in [-0.4, -0.2) is 61.4 Å². The normalized spacial score (nSPS) is 20.8. The summed E-state index contributed by atoms with van der Waals surface area (Å²) >= 11 is 0. The quantitative estimate of drug-likeness (QED) is 0.557. The highest BCUT2D eigenvalue weighted by atomic mass is 16.5. The van der Waals surface area contributed by atoms with Crippen LogP contribution in [0.4, 0.5) is 0 Å². The van der Waals surface area contributed by atoms with Crippen LogP contribution in [0.3, 0.4) is 0 Å². The van der Waals surface area contributed by atoms with Gasteiger partial charge in [0, 0.05) is 19.7 Å². The predicted molar refractivity (Wildman–Crippen MR) is 61.2 cm³/mol. The van der Waals surface area contributed by atoms with Gasteiger partial charge in [0.15, 0.2) is 0 Å². The average Bonchev–Trinajstić information content (AvgIpc) is 2.62. The number of amides is 1. The third kappa shape index (κ3) is 4.08. The summed E-state index contributed by atoms with van der Waals surface area (Å²) in [6.07, 6.45) is 1.74. The van der Waals surface area contributed by atoms with E-state index in [1.165, 1.54) is 0 Å². The molecule has 0 bridgehead atoms. The third-order valence-electron chi connectivity index (χ3n) is 2.70. The van der Waals surface area contributed by atoms with Crippen LogP contribution in [0.25, 0.3) is 0 Å². The summed E-state index contributed by atoms with van der Waals surface area (Å²) in [5, 5.41) is 11.7. The highest BCUT2D eigenvalue weighted by Crippen LogP contribution is 2.11. The minimum Gasteiger partial charge on any atom is -0.394 e. The molecule has 0 aromatic carbocycles. The molecule has 1 rings (SSSR count). The molecule has 1 aliphatic rings. The molecule has 0 aliphatic carbocycles. The lowest BCUT2D eigenvalue weighted by Gasteiger charge is -2.16. The van der Waals surface area contributed by atoms with E-state index in [-0.39, 0.29) is 18.6 Å². The number of carbonyl (C=O) groups excluding carboxylic acids is 1. The first-order chi connectivity index (χ1) is 7.79. The topological polar surface area (TPSA) is 61.8 Å². The number of ether oxygens (including phenoxy) is 1.